The van der Waals surface area contributed by atoms with Gasteiger partial charge in [0, 0.05) is 6.54 Å². The van der Waals surface area contributed by atoms with Crippen molar-refractivity contribution in [1.29, 1.82) is 0 Å². The van der Waals surface area contributed by atoms with Gasteiger partial charge in [-0.3, -0.25) is 14.4 Å². The third-order valence-corrected chi connectivity index (χ3v) is 5.11. The lowest BCUT2D eigenvalue weighted by atomic mass is 9.87. The minimum atomic E-state index is -0.309. The van der Waals surface area contributed by atoms with Crippen LogP contribution in [-0.4, -0.2) is 46.2 Å². The molecule has 0 amide bonds. The van der Waals surface area contributed by atoms with Crippen LogP contribution in [0.4, 0.5) is 0 Å². The molecule has 3 rings (SSSR count). The number of carbonyl (C=O) groups is 1. The Balaban J connectivity index is 2.00. The Bertz CT molecular complexity index is 490. The number of aromatic nitrogens is 2. The molecule has 0 bridgehead atoms. The molecule has 1 aliphatic carbocycles. The summed E-state index contributed by atoms with van der Waals surface area (Å²) in [4.78, 5) is 15.8. The zero-order valence-corrected chi connectivity index (χ0v) is 13.1. The highest BCUT2D eigenvalue weighted by molar-refractivity contribution is 6.04. The highest BCUT2D eigenvalue weighted by Crippen LogP contribution is 2.41. The first kappa shape index (κ1) is 14.6. The number of hydrogen-bond acceptors (Lipinski definition) is 4. The third-order valence-electron chi connectivity index (χ3n) is 5.11. The number of rotatable bonds is 5. The van der Waals surface area contributed by atoms with Crippen LogP contribution in [0.3, 0.4) is 0 Å². The van der Waals surface area contributed by atoms with E-state index >= 15 is 0 Å². The van der Waals surface area contributed by atoms with Crippen molar-refractivity contribution in [2.75, 3.05) is 20.2 Å². The smallest absolute Gasteiger partial charge is 0.204 e. The standard InChI is InChI=1S/C16H25N3O2/c1-3-19-14(13(21-2)12-17-19)15(20)16(8-4-5-9-16)18-10-6-7-11-18/h12H,3-11H2,1-2H3. The number of aryl methyl sites for hydroxylation is 1. The molecular weight excluding hydrogens is 266 g/mol. The summed E-state index contributed by atoms with van der Waals surface area (Å²) in [5.74, 6) is 0.838. The van der Waals surface area contributed by atoms with Gasteiger partial charge in [-0.05, 0) is 45.7 Å². The largest absolute Gasteiger partial charge is 0.493 e. The predicted octanol–water partition coefficient (Wildman–Crippen LogP) is 2.50. The molecule has 0 radical (unpaired) electrons. The molecule has 0 aromatic carbocycles. The van der Waals surface area contributed by atoms with E-state index in [9.17, 15) is 4.79 Å². The zero-order chi connectivity index (χ0) is 14.9. The van der Waals surface area contributed by atoms with Crippen molar-refractivity contribution >= 4 is 5.78 Å². The summed E-state index contributed by atoms with van der Waals surface area (Å²) >= 11 is 0. The molecule has 21 heavy (non-hydrogen) atoms. The van der Waals surface area contributed by atoms with Gasteiger partial charge in [-0.1, -0.05) is 12.8 Å². The summed E-state index contributed by atoms with van der Waals surface area (Å²) in [7, 11) is 1.62. The topological polar surface area (TPSA) is 47.4 Å². The second-order valence-corrected chi connectivity index (χ2v) is 6.14. The molecule has 2 fully saturated rings. The fraction of sp³-hybridized carbons (Fsp3) is 0.750. The summed E-state index contributed by atoms with van der Waals surface area (Å²) < 4.78 is 7.18. The molecule has 5 heteroatoms. The van der Waals surface area contributed by atoms with Crippen LogP contribution in [-0.2, 0) is 6.54 Å². The van der Waals surface area contributed by atoms with Gasteiger partial charge >= 0.3 is 0 Å². The Hall–Kier alpha value is -1.36. The van der Waals surface area contributed by atoms with E-state index in [1.165, 1.54) is 12.8 Å². The molecule has 1 aromatic heterocycles. The van der Waals surface area contributed by atoms with Crippen molar-refractivity contribution in [2.24, 2.45) is 0 Å². The molecule has 1 aliphatic heterocycles. The SMILES string of the molecule is CCn1ncc(OC)c1C(=O)C1(N2CCCC2)CCCC1. The van der Waals surface area contributed by atoms with Gasteiger partial charge in [0.25, 0.3) is 0 Å². The first-order valence-electron chi connectivity index (χ1n) is 8.12. The van der Waals surface area contributed by atoms with Crippen molar-refractivity contribution in [2.45, 2.75) is 57.5 Å². The number of hydrogen-bond donors (Lipinski definition) is 0. The summed E-state index contributed by atoms with van der Waals surface area (Å²) in [5.41, 5.74) is 0.352. The molecule has 0 unspecified atom stereocenters. The number of methoxy groups -OCH3 is 1. The molecule has 0 atom stereocenters. The van der Waals surface area contributed by atoms with E-state index in [1.807, 2.05) is 6.92 Å². The van der Waals surface area contributed by atoms with Crippen molar-refractivity contribution in [3.8, 4) is 5.75 Å². The second kappa shape index (κ2) is 5.79. The van der Waals surface area contributed by atoms with Crippen LogP contribution in [0.2, 0.25) is 0 Å². The predicted molar refractivity (Wildman–Crippen MR) is 80.8 cm³/mol. The van der Waals surface area contributed by atoms with E-state index in [1.54, 1.807) is 18.0 Å². The molecule has 2 heterocycles. The number of ketones is 1. The van der Waals surface area contributed by atoms with Gasteiger partial charge in [-0.2, -0.15) is 5.10 Å². The van der Waals surface area contributed by atoms with Gasteiger partial charge in [0.1, 0.15) is 5.69 Å². The Labute approximate surface area is 126 Å². The fourth-order valence-corrected chi connectivity index (χ4v) is 4.00. The Morgan fingerprint density at radius 1 is 1.29 bits per heavy atom. The van der Waals surface area contributed by atoms with Crippen LogP contribution in [0.5, 0.6) is 5.75 Å². The van der Waals surface area contributed by atoms with Crippen LogP contribution in [0.25, 0.3) is 0 Å². The van der Waals surface area contributed by atoms with Crippen molar-refractivity contribution < 1.29 is 9.53 Å². The van der Waals surface area contributed by atoms with Crippen LogP contribution in [0.1, 0.15) is 55.9 Å². The summed E-state index contributed by atoms with van der Waals surface area (Å²) in [6, 6.07) is 0. The summed E-state index contributed by atoms with van der Waals surface area (Å²) in [5, 5.41) is 4.31. The number of Topliss-reactive ketones (excluding diaryl/α,β-unsaturated/α-hetero) is 1. The Morgan fingerprint density at radius 3 is 2.52 bits per heavy atom. The highest BCUT2D eigenvalue weighted by atomic mass is 16.5. The van der Waals surface area contributed by atoms with Gasteiger partial charge < -0.3 is 4.74 Å². The zero-order valence-electron chi connectivity index (χ0n) is 13.1. The van der Waals surface area contributed by atoms with Crippen LogP contribution >= 0.6 is 0 Å². The number of likely N-dealkylation sites (tertiary alicyclic amines) is 1. The maximum atomic E-state index is 13.4. The maximum Gasteiger partial charge on any atom is 0.204 e. The molecule has 5 nitrogen and oxygen atoms in total. The Kier molecular flexibility index (Phi) is 4.02. The average molecular weight is 291 g/mol. The van der Waals surface area contributed by atoms with Crippen LogP contribution < -0.4 is 4.74 Å². The molecular formula is C16H25N3O2. The molecule has 116 valence electrons. The lowest BCUT2D eigenvalue weighted by Crippen LogP contribution is -2.52. The monoisotopic (exact) mass is 291 g/mol. The summed E-state index contributed by atoms with van der Waals surface area (Å²) in [6.07, 6.45) is 8.32. The normalized spacial score (nSPS) is 21.8. The highest BCUT2D eigenvalue weighted by Gasteiger charge is 2.48. The molecule has 1 saturated heterocycles. The lowest BCUT2D eigenvalue weighted by Gasteiger charge is -2.37. The number of nitrogens with zero attached hydrogens (tertiary/aromatic N) is 3. The van der Waals surface area contributed by atoms with Gasteiger partial charge in [0.05, 0.1) is 18.8 Å². The third kappa shape index (κ3) is 2.27. The van der Waals surface area contributed by atoms with Crippen LogP contribution in [0, 0.1) is 0 Å². The van der Waals surface area contributed by atoms with E-state index in [-0.39, 0.29) is 11.3 Å². The van der Waals surface area contributed by atoms with E-state index in [0.717, 1.165) is 38.8 Å². The summed E-state index contributed by atoms with van der Waals surface area (Å²) in [6.45, 7) is 4.81. The molecule has 0 spiro atoms. The Morgan fingerprint density at radius 2 is 1.95 bits per heavy atom. The first-order chi connectivity index (χ1) is 10.2. The fourth-order valence-electron chi connectivity index (χ4n) is 4.00. The van der Waals surface area contributed by atoms with E-state index in [0.29, 0.717) is 18.0 Å². The quantitative estimate of drug-likeness (QED) is 0.782. The van der Waals surface area contributed by atoms with Gasteiger partial charge in [0.15, 0.2) is 5.75 Å². The van der Waals surface area contributed by atoms with Crippen LogP contribution in [0.15, 0.2) is 6.20 Å². The van der Waals surface area contributed by atoms with Gasteiger partial charge in [-0.25, -0.2) is 0 Å². The molecule has 1 saturated carbocycles. The number of ether oxygens (including phenoxy) is 1. The molecule has 0 N–H and O–H groups in total. The maximum absolute atomic E-state index is 13.4. The van der Waals surface area contributed by atoms with Crippen molar-refractivity contribution in [3.05, 3.63) is 11.9 Å². The van der Waals surface area contributed by atoms with Gasteiger partial charge in [0.2, 0.25) is 5.78 Å². The first-order valence-corrected chi connectivity index (χ1v) is 8.12. The van der Waals surface area contributed by atoms with Crippen molar-refractivity contribution in [3.63, 3.8) is 0 Å². The minimum absolute atomic E-state index is 0.220. The second-order valence-electron chi connectivity index (χ2n) is 6.14. The number of carbonyl (C=O) groups excluding carboxylic acids is 1. The van der Waals surface area contributed by atoms with Crippen molar-refractivity contribution in [1.82, 2.24) is 14.7 Å². The van der Waals surface area contributed by atoms with E-state index < -0.39 is 0 Å². The minimum Gasteiger partial charge on any atom is -0.493 e. The average Bonchev–Trinajstić information content (AvgIpc) is 3.24. The molecule has 2 aliphatic rings. The molecule has 1 aromatic rings. The van der Waals surface area contributed by atoms with E-state index in [4.69, 9.17) is 4.74 Å². The van der Waals surface area contributed by atoms with Gasteiger partial charge in [-0.15, -0.1) is 0 Å². The lowest BCUT2D eigenvalue weighted by molar-refractivity contribution is 0.0611. The van der Waals surface area contributed by atoms with E-state index in [2.05, 4.69) is 10.00 Å².